The summed E-state index contributed by atoms with van der Waals surface area (Å²) in [4.78, 5) is 68.5. The maximum absolute atomic E-state index is 13.1. The van der Waals surface area contributed by atoms with Crippen molar-refractivity contribution in [2.45, 2.75) is 17.8 Å². The molecule has 14 nitrogen and oxygen atoms in total. The highest BCUT2D eigenvalue weighted by Crippen LogP contribution is 2.41. The number of rotatable bonds is 7. The quantitative estimate of drug-likeness (QED) is 0.100. The Labute approximate surface area is 233 Å². The molecule has 0 aliphatic carbocycles. The van der Waals surface area contributed by atoms with Crippen molar-refractivity contribution in [3.8, 4) is 0 Å². The fourth-order valence-electron chi connectivity index (χ4n) is 4.56. The van der Waals surface area contributed by atoms with Crippen molar-refractivity contribution >= 4 is 69.3 Å². The summed E-state index contributed by atoms with van der Waals surface area (Å²) < 4.78 is 0. The largest absolute Gasteiger partial charge is 0.478 e. The highest BCUT2D eigenvalue weighted by atomic mass is 32.2. The molecule has 2 aromatic rings. The Bertz CT molecular complexity index is 1550. The predicted molar refractivity (Wildman–Crippen MR) is 143 cm³/mol. The lowest BCUT2D eigenvalue weighted by atomic mass is 10.0. The number of hydrogen-bond donors (Lipinski definition) is 5. The molecular formula is C24H20N6O8S2. The van der Waals surface area contributed by atoms with Crippen LogP contribution >= 0.6 is 23.1 Å². The van der Waals surface area contributed by atoms with Gasteiger partial charge in [0.15, 0.2) is 10.8 Å². The minimum atomic E-state index is -1.36. The third kappa shape index (κ3) is 4.66. The van der Waals surface area contributed by atoms with Crippen LogP contribution in [0.5, 0.6) is 0 Å². The number of nitrogens with two attached hydrogens (primary N) is 1. The van der Waals surface area contributed by atoms with Gasteiger partial charge in [-0.15, -0.1) is 23.1 Å². The summed E-state index contributed by atoms with van der Waals surface area (Å²) in [6.45, 7) is 0.318. The molecule has 6 N–H and O–H groups in total. The van der Waals surface area contributed by atoms with Crippen LogP contribution in [0.25, 0.3) is 0 Å². The molecule has 4 heterocycles. The maximum Gasteiger partial charge on any atom is 0.352 e. The molecule has 5 rings (SSSR count). The van der Waals surface area contributed by atoms with E-state index in [1.54, 1.807) is 0 Å². The minimum absolute atomic E-state index is 0.0237. The van der Waals surface area contributed by atoms with Crippen molar-refractivity contribution < 1.29 is 39.4 Å². The Morgan fingerprint density at radius 2 is 1.88 bits per heavy atom. The summed E-state index contributed by atoms with van der Waals surface area (Å²) in [6.07, 6.45) is 1.80. The lowest BCUT2D eigenvalue weighted by Gasteiger charge is -2.49. The molecule has 206 valence electrons. The van der Waals surface area contributed by atoms with Crippen molar-refractivity contribution in [3.63, 3.8) is 0 Å². The molecule has 3 aliphatic rings. The zero-order chi connectivity index (χ0) is 28.7. The van der Waals surface area contributed by atoms with Gasteiger partial charge in [0.05, 0.1) is 5.56 Å². The number of nitrogens with one attached hydrogen (secondary N) is 1. The molecule has 0 saturated carbocycles. The first-order chi connectivity index (χ1) is 19.1. The van der Waals surface area contributed by atoms with E-state index in [1.165, 1.54) is 52.4 Å². The molecular weight excluding hydrogens is 564 g/mol. The molecule has 0 radical (unpaired) electrons. The first kappa shape index (κ1) is 26.9. The molecule has 2 atom stereocenters. The molecule has 1 aromatic carbocycles. The molecule has 3 aliphatic heterocycles. The molecule has 0 bridgehead atoms. The van der Waals surface area contributed by atoms with E-state index in [1.807, 2.05) is 0 Å². The number of aromatic nitrogens is 1. The van der Waals surface area contributed by atoms with Crippen LogP contribution in [0.4, 0.5) is 10.8 Å². The van der Waals surface area contributed by atoms with Crippen LogP contribution in [-0.2, 0) is 19.2 Å². The van der Waals surface area contributed by atoms with E-state index in [4.69, 9.17) is 10.8 Å². The number of thioether (sulfide) groups is 1. The van der Waals surface area contributed by atoms with Crippen LogP contribution in [0.1, 0.15) is 22.5 Å². The van der Waals surface area contributed by atoms with E-state index in [9.17, 15) is 34.3 Å². The second-order valence-corrected chi connectivity index (χ2v) is 10.8. The van der Waals surface area contributed by atoms with E-state index in [0.717, 1.165) is 16.2 Å². The van der Waals surface area contributed by atoms with Crippen molar-refractivity contribution in [3.05, 3.63) is 63.8 Å². The van der Waals surface area contributed by atoms with Gasteiger partial charge >= 0.3 is 11.9 Å². The zero-order valence-corrected chi connectivity index (χ0v) is 21.9. The van der Waals surface area contributed by atoms with E-state index >= 15 is 0 Å². The monoisotopic (exact) mass is 584 g/mol. The van der Waals surface area contributed by atoms with Crippen LogP contribution in [0, 0.1) is 0 Å². The number of carbonyl (C=O) groups excluding carboxylic acids is 3. The molecule has 16 heteroatoms. The number of aliphatic carboxylic acids is 1. The number of carboxylic acid groups (broad SMARTS) is 2. The predicted octanol–water partition coefficient (Wildman–Crippen LogP) is 0.704. The first-order valence-corrected chi connectivity index (χ1v) is 13.5. The van der Waals surface area contributed by atoms with Crippen molar-refractivity contribution in [1.82, 2.24) is 15.2 Å². The summed E-state index contributed by atoms with van der Waals surface area (Å²) in [7, 11) is 0. The second kappa shape index (κ2) is 10.5. The van der Waals surface area contributed by atoms with Gasteiger partial charge in [0.25, 0.3) is 17.7 Å². The van der Waals surface area contributed by atoms with Gasteiger partial charge in [0, 0.05) is 28.9 Å². The van der Waals surface area contributed by atoms with Gasteiger partial charge in [-0.25, -0.2) is 14.6 Å². The number of amides is 3. The number of nitrogens with zero attached hydrogens (tertiary/aromatic N) is 4. The highest BCUT2D eigenvalue weighted by molar-refractivity contribution is 8.00. The molecule has 40 heavy (non-hydrogen) atoms. The molecule has 0 unspecified atom stereocenters. The Morgan fingerprint density at radius 1 is 1.15 bits per heavy atom. The topological polar surface area (TPSA) is 216 Å². The average molecular weight is 585 g/mol. The smallest absolute Gasteiger partial charge is 0.352 e. The molecule has 2 fully saturated rings. The van der Waals surface area contributed by atoms with Crippen molar-refractivity contribution in [2.75, 3.05) is 22.9 Å². The van der Waals surface area contributed by atoms with Gasteiger partial charge in [-0.1, -0.05) is 5.16 Å². The fourth-order valence-corrected chi connectivity index (χ4v) is 6.41. The Kier molecular flexibility index (Phi) is 7.03. The summed E-state index contributed by atoms with van der Waals surface area (Å²) in [5.74, 6) is -4.21. The number of hydrogen-bond acceptors (Lipinski definition) is 11. The number of fused-ring (bicyclic) bond motifs is 1. The molecule has 3 amide bonds. The van der Waals surface area contributed by atoms with Crippen LogP contribution in [0.3, 0.4) is 0 Å². The van der Waals surface area contributed by atoms with E-state index in [0.29, 0.717) is 24.2 Å². The number of β-lactam (4-membered cyclic amide) rings is 1. The van der Waals surface area contributed by atoms with E-state index < -0.39 is 40.9 Å². The van der Waals surface area contributed by atoms with E-state index in [-0.39, 0.29) is 39.3 Å². The van der Waals surface area contributed by atoms with Crippen molar-refractivity contribution in [2.24, 2.45) is 5.16 Å². The Balaban J connectivity index is 1.34. The third-order valence-corrected chi connectivity index (χ3v) is 8.44. The number of oxime groups is 1. The van der Waals surface area contributed by atoms with Gasteiger partial charge in [0.2, 0.25) is 0 Å². The zero-order valence-electron chi connectivity index (χ0n) is 20.3. The Hall–Kier alpha value is -4.70. The second-order valence-electron chi connectivity index (χ2n) is 8.79. The number of thiazole rings is 1. The minimum Gasteiger partial charge on any atom is -0.478 e. The standard InChI is InChI=1S/C24H20N6O8S2/c25-24-26-14(9-40-24)15(28-38)18(31)27-16-20(33)30-17(23(36)37)12(8-39-21(16)30)7-11-5-6-29(19(11)32)13-3-1-10(2-4-13)22(34)35/h1-4,7,9,16,21,38H,5-6,8H2,(H2,25,26)(H,27,31)(H,34,35)(H,36,37)/b11-7+,28-15-/t16-,21-/m1/s1. The number of carboxylic acids is 2. The van der Waals surface area contributed by atoms with Gasteiger partial charge in [-0.05, 0) is 42.3 Å². The number of benzene rings is 1. The van der Waals surface area contributed by atoms with Crippen LogP contribution < -0.4 is 16.0 Å². The first-order valence-electron chi connectivity index (χ1n) is 11.6. The highest BCUT2D eigenvalue weighted by Gasteiger charge is 2.54. The number of aromatic carboxylic acids is 1. The van der Waals surface area contributed by atoms with Gasteiger partial charge in [-0.2, -0.15) is 0 Å². The fraction of sp³-hybridized carbons (Fsp3) is 0.208. The van der Waals surface area contributed by atoms with Crippen LogP contribution in [-0.4, -0.2) is 84.4 Å². The molecule has 0 spiro atoms. The van der Waals surface area contributed by atoms with Crippen LogP contribution in [0.15, 0.2) is 57.7 Å². The Morgan fingerprint density at radius 3 is 2.48 bits per heavy atom. The van der Waals surface area contributed by atoms with Gasteiger partial charge in [0.1, 0.15) is 22.8 Å². The van der Waals surface area contributed by atoms with E-state index in [2.05, 4.69) is 15.5 Å². The number of allylic oxidation sites excluding steroid dienone is 1. The summed E-state index contributed by atoms with van der Waals surface area (Å²) >= 11 is 2.24. The number of carbonyl (C=O) groups is 5. The number of nitrogen functional groups attached to an aromatic ring is 1. The molecule has 1 aromatic heterocycles. The number of anilines is 2. The third-order valence-electron chi connectivity index (χ3n) is 6.47. The average Bonchev–Trinajstić information content (AvgIpc) is 3.52. The normalized spacial score (nSPS) is 21.9. The summed E-state index contributed by atoms with van der Waals surface area (Å²) in [5, 5.41) is 34.6. The van der Waals surface area contributed by atoms with Crippen molar-refractivity contribution in [1.29, 1.82) is 0 Å². The summed E-state index contributed by atoms with van der Waals surface area (Å²) in [6, 6.07) is 4.75. The molecule has 2 saturated heterocycles. The SMILES string of the molecule is Nc1nc(/C(=N/O)C(=O)N[C@@H]2C(=O)N3C(C(=O)O)=C(/C=C4\CCN(c5ccc(C(=O)O)cc5)C4=O)CS[C@H]23)cs1. The van der Waals surface area contributed by atoms with Gasteiger partial charge < -0.3 is 31.4 Å². The van der Waals surface area contributed by atoms with Crippen LogP contribution in [0.2, 0.25) is 0 Å². The lowest BCUT2D eigenvalue weighted by Crippen LogP contribution is -2.71. The lowest BCUT2D eigenvalue weighted by molar-refractivity contribution is -0.150. The maximum atomic E-state index is 13.1. The summed E-state index contributed by atoms with van der Waals surface area (Å²) in [5.41, 5.74) is 6.06. The van der Waals surface area contributed by atoms with Gasteiger partial charge in [-0.3, -0.25) is 19.3 Å².